The van der Waals surface area contributed by atoms with Crippen molar-refractivity contribution < 1.29 is 14.2 Å². The second-order valence-electron chi connectivity index (χ2n) is 3.57. The van der Waals surface area contributed by atoms with Crippen LogP contribution < -0.4 is 14.2 Å². The number of hydrogen-bond donors (Lipinski definition) is 0. The lowest BCUT2D eigenvalue weighted by atomic mass is 10.1. The minimum atomic E-state index is 0.603. The van der Waals surface area contributed by atoms with Crippen molar-refractivity contribution in [2.45, 2.75) is 34.1 Å². The van der Waals surface area contributed by atoms with Crippen LogP contribution in [0.3, 0.4) is 0 Å². The largest absolute Gasteiger partial charge is 0.490 e. The molecule has 3 nitrogen and oxygen atoms in total. The van der Waals surface area contributed by atoms with Crippen LogP contribution in [0.2, 0.25) is 0 Å². The summed E-state index contributed by atoms with van der Waals surface area (Å²) in [7, 11) is 0. The second kappa shape index (κ2) is 7.05. The van der Waals surface area contributed by atoms with E-state index in [9.17, 15) is 0 Å². The Hall–Kier alpha value is -1.38. The van der Waals surface area contributed by atoms with Gasteiger partial charge in [-0.15, -0.1) is 0 Å². The summed E-state index contributed by atoms with van der Waals surface area (Å²) in [6, 6.07) is 4.05. The van der Waals surface area contributed by atoms with Gasteiger partial charge in [-0.3, -0.25) is 0 Å². The number of ether oxygens (including phenoxy) is 3. The molecule has 0 radical (unpaired) electrons. The first-order valence-corrected chi connectivity index (χ1v) is 6.32. The summed E-state index contributed by atoms with van der Waals surface area (Å²) in [6.45, 7) is 9.85. The summed E-state index contributed by atoms with van der Waals surface area (Å²) in [5.74, 6) is 2.27. The molecule has 0 aromatic heterocycles. The van der Waals surface area contributed by atoms with Gasteiger partial charge in [0.15, 0.2) is 11.5 Å². The van der Waals surface area contributed by atoms with Gasteiger partial charge in [0, 0.05) is 0 Å². The van der Waals surface area contributed by atoms with E-state index in [1.54, 1.807) is 0 Å². The van der Waals surface area contributed by atoms with Crippen LogP contribution in [0.4, 0.5) is 0 Å². The van der Waals surface area contributed by atoms with Gasteiger partial charge in [0.2, 0.25) is 5.75 Å². The Labute approximate surface area is 104 Å². The third-order valence-corrected chi connectivity index (χ3v) is 2.38. The fraction of sp³-hybridized carbons (Fsp3) is 0.571. The summed E-state index contributed by atoms with van der Waals surface area (Å²) in [6.07, 6.45) is 0.951. The Kier molecular flexibility index (Phi) is 5.67. The maximum atomic E-state index is 5.62. The zero-order valence-corrected chi connectivity index (χ0v) is 11.2. The maximum absolute atomic E-state index is 5.62. The SMILES string of the molecule is CCOc1cc(CC)cc(OCC)c1OCC. The highest BCUT2D eigenvalue weighted by atomic mass is 16.5. The molecule has 17 heavy (non-hydrogen) atoms. The second-order valence-corrected chi connectivity index (χ2v) is 3.57. The van der Waals surface area contributed by atoms with Gasteiger partial charge in [0.25, 0.3) is 0 Å². The molecular weight excluding hydrogens is 216 g/mol. The average molecular weight is 238 g/mol. The molecule has 96 valence electrons. The van der Waals surface area contributed by atoms with Crippen LogP contribution in [0.15, 0.2) is 12.1 Å². The average Bonchev–Trinajstić information content (AvgIpc) is 2.33. The first kappa shape index (κ1) is 13.7. The molecule has 0 saturated heterocycles. The van der Waals surface area contributed by atoms with Crippen LogP contribution in [0.25, 0.3) is 0 Å². The van der Waals surface area contributed by atoms with E-state index < -0.39 is 0 Å². The molecular formula is C14H22O3. The highest BCUT2D eigenvalue weighted by molar-refractivity contribution is 5.54. The molecule has 3 heteroatoms. The molecule has 1 aromatic carbocycles. The van der Waals surface area contributed by atoms with Crippen molar-refractivity contribution in [3.8, 4) is 17.2 Å². The van der Waals surface area contributed by atoms with Crippen LogP contribution in [0.5, 0.6) is 17.2 Å². The van der Waals surface area contributed by atoms with Crippen molar-refractivity contribution in [3.05, 3.63) is 17.7 Å². The van der Waals surface area contributed by atoms with E-state index in [0.29, 0.717) is 25.6 Å². The normalized spacial score (nSPS) is 10.1. The maximum Gasteiger partial charge on any atom is 0.203 e. The van der Waals surface area contributed by atoms with Gasteiger partial charge in [-0.05, 0) is 44.9 Å². The molecule has 0 aliphatic rings. The third-order valence-electron chi connectivity index (χ3n) is 2.38. The van der Waals surface area contributed by atoms with Gasteiger partial charge >= 0.3 is 0 Å². The van der Waals surface area contributed by atoms with Gasteiger partial charge in [0.05, 0.1) is 19.8 Å². The van der Waals surface area contributed by atoms with E-state index >= 15 is 0 Å². The number of aryl methyl sites for hydroxylation is 1. The number of rotatable bonds is 7. The summed E-state index contributed by atoms with van der Waals surface area (Å²) in [5.41, 5.74) is 1.19. The zero-order chi connectivity index (χ0) is 12.7. The van der Waals surface area contributed by atoms with E-state index in [4.69, 9.17) is 14.2 Å². The van der Waals surface area contributed by atoms with Crippen molar-refractivity contribution >= 4 is 0 Å². The van der Waals surface area contributed by atoms with Crippen molar-refractivity contribution in [1.82, 2.24) is 0 Å². The van der Waals surface area contributed by atoms with Crippen molar-refractivity contribution in [2.24, 2.45) is 0 Å². The summed E-state index contributed by atoms with van der Waals surface area (Å²) < 4.78 is 16.9. The highest BCUT2D eigenvalue weighted by Gasteiger charge is 2.14. The van der Waals surface area contributed by atoms with E-state index in [1.807, 2.05) is 32.9 Å². The van der Waals surface area contributed by atoms with E-state index in [0.717, 1.165) is 17.9 Å². The monoisotopic (exact) mass is 238 g/mol. The Morgan fingerprint density at radius 1 is 0.765 bits per heavy atom. The molecule has 0 aliphatic heterocycles. The summed E-state index contributed by atoms with van der Waals surface area (Å²) in [4.78, 5) is 0. The Morgan fingerprint density at radius 2 is 1.24 bits per heavy atom. The highest BCUT2D eigenvalue weighted by Crippen LogP contribution is 2.39. The van der Waals surface area contributed by atoms with E-state index in [1.165, 1.54) is 5.56 Å². The van der Waals surface area contributed by atoms with Gasteiger partial charge < -0.3 is 14.2 Å². The van der Waals surface area contributed by atoms with Gasteiger partial charge in [0.1, 0.15) is 0 Å². The molecule has 0 bridgehead atoms. The van der Waals surface area contributed by atoms with Crippen molar-refractivity contribution in [2.75, 3.05) is 19.8 Å². The first-order valence-electron chi connectivity index (χ1n) is 6.32. The van der Waals surface area contributed by atoms with Gasteiger partial charge in [-0.2, -0.15) is 0 Å². The Morgan fingerprint density at radius 3 is 1.59 bits per heavy atom. The van der Waals surface area contributed by atoms with Crippen LogP contribution in [-0.4, -0.2) is 19.8 Å². The standard InChI is InChI=1S/C14H22O3/c1-5-11-9-12(15-6-2)14(17-8-4)13(10-11)16-7-3/h9-10H,5-8H2,1-4H3. The molecule has 1 rings (SSSR count). The van der Waals surface area contributed by atoms with Crippen LogP contribution in [0, 0.1) is 0 Å². The Balaban J connectivity index is 3.16. The topological polar surface area (TPSA) is 27.7 Å². The van der Waals surface area contributed by atoms with Crippen LogP contribution in [0.1, 0.15) is 33.3 Å². The predicted octanol–water partition coefficient (Wildman–Crippen LogP) is 3.45. The molecule has 0 N–H and O–H groups in total. The van der Waals surface area contributed by atoms with Crippen LogP contribution in [-0.2, 0) is 6.42 Å². The number of benzene rings is 1. The summed E-state index contributed by atoms with van der Waals surface area (Å²) in [5, 5.41) is 0. The minimum absolute atomic E-state index is 0.603. The fourth-order valence-electron chi connectivity index (χ4n) is 1.65. The minimum Gasteiger partial charge on any atom is -0.490 e. The smallest absolute Gasteiger partial charge is 0.203 e. The molecule has 0 atom stereocenters. The lowest BCUT2D eigenvalue weighted by molar-refractivity contribution is 0.260. The van der Waals surface area contributed by atoms with Gasteiger partial charge in [-0.25, -0.2) is 0 Å². The number of hydrogen-bond acceptors (Lipinski definition) is 3. The van der Waals surface area contributed by atoms with E-state index in [2.05, 4.69) is 6.92 Å². The molecule has 0 aliphatic carbocycles. The Bertz CT molecular complexity index is 320. The molecule has 0 fully saturated rings. The fourth-order valence-corrected chi connectivity index (χ4v) is 1.65. The third kappa shape index (κ3) is 3.55. The summed E-state index contributed by atoms with van der Waals surface area (Å²) >= 11 is 0. The predicted molar refractivity (Wildman–Crippen MR) is 69.3 cm³/mol. The quantitative estimate of drug-likeness (QED) is 0.728. The van der Waals surface area contributed by atoms with Crippen molar-refractivity contribution in [1.29, 1.82) is 0 Å². The van der Waals surface area contributed by atoms with Crippen molar-refractivity contribution in [3.63, 3.8) is 0 Å². The zero-order valence-electron chi connectivity index (χ0n) is 11.2. The molecule has 0 saturated carbocycles. The lowest BCUT2D eigenvalue weighted by Crippen LogP contribution is -2.03. The first-order chi connectivity index (χ1) is 8.26. The van der Waals surface area contributed by atoms with E-state index in [-0.39, 0.29) is 0 Å². The lowest BCUT2D eigenvalue weighted by Gasteiger charge is -2.16. The molecule has 0 unspecified atom stereocenters. The van der Waals surface area contributed by atoms with Crippen LogP contribution >= 0.6 is 0 Å². The molecule has 0 amide bonds. The molecule has 1 aromatic rings. The van der Waals surface area contributed by atoms with Gasteiger partial charge in [-0.1, -0.05) is 6.92 Å². The molecule has 0 spiro atoms. The molecule has 0 heterocycles.